The number of carboxylic acid groups (broad SMARTS) is 1. The molecule has 2 heterocycles. The van der Waals surface area contributed by atoms with E-state index >= 15 is 0 Å². The summed E-state index contributed by atoms with van der Waals surface area (Å²) in [6.45, 7) is 1.03. The van der Waals surface area contributed by atoms with E-state index in [-0.39, 0.29) is 25.7 Å². The van der Waals surface area contributed by atoms with E-state index in [1.54, 1.807) is 14.2 Å². The summed E-state index contributed by atoms with van der Waals surface area (Å²) in [5.41, 5.74) is 3.59. The Morgan fingerprint density at radius 1 is 0.932 bits per heavy atom. The summed E-state index contributed by atoms with van der Waals surface area (Å²) in [5, 5.41) is 17.8. The molecule has 0 aliphatic carbocycles. The van der Waals surface area contributed by atoms with Crippen molar-refractivity contribution in [2.24, 2.45) is 0 Å². The Balaban J connectivity index is 1.16. The van der Waals surface area contributed by atoms with Crippen LogP contribution in [0.2, 0.25) is 0 Å². The lowest BCUT2D eigenvalue weighted by molar-refractivity contribution is -0.268. The second kappa shape index (κ2) is 13.1. The molecule has 1 amide bonds. The summed E-state index contributed by atoms with van der Waals surface area (Å²) in [6.07, 6.45) is -1.01. The molecule has 1 aromatic heterocycles. The van der Waals surface area contributed by atoms with Gasteiger partial charge in [0.25, 0.3) is 0 Å². The van der Waals surface area contributed by atoms with Crippen molar-refractivity contribution >= 4 is 16.9 Å². The molecule has 0 N–H and O–H groups in total. The van der Waals surface area contributed by atoms with Gasteiger partial charge in [0.1, 0.15) is 35.6 Å². The Labute approximate surface area is 255 Å². The lowest BCUT2D eigenvalue weighted by atomic mass is 9.87. The summed E-state index contributed by atoms with van der Waals surface area (Å²) < 4.78 is 29.3. The topological polar surface area (TPSA) is 106 Å². The monoisotopic (exact) mass is 593 g/mol. The third kappa shape index (κ3) is 6.18. The van der Waals surface area contributed by atoms with Gasteiger partial charge in [0.2, 0.25) is 0 Å². The fourth-order valence-corrected chi connectivity index (χ4v) is 5.81. The van der Waals surface area contributed by atoms with Crippen molar-refractivity contribution in [1.29, 1.82) is 0 Å². The quantitative estimate of drug-likeness (QED) is 0.200. The molecule has 9 nitrogen and oxygen atoms in total. The number of piperidine rings is 1. The Morgan fingerprint density at radius 3 is 2.41 bits per heavy atom. The van der Waals surface area contributed by atoms with Crippen LogP contribution < -0.4 is 19.3 Å². The molecule has 2 unspecified atom stereocenters. The van der Waals surface area contributed by atoms with Crippen molar-refractivity contribution in [3.05, 3.63) is 108 Å². The molecular weight excluding hydrogens is 560 g/mol. The van der Waals surface area contributed by atoms with Gasteiger partial charge in [-0.2, -0.15) is 0 Å². The third-order valence-corrected chi connectivity index (χ3v) is 8.05. The molecule has 6 rings (SSSR count). The summed E-state index contributed by atoms with van der Waals surface area (Å²) in [6, 6.07) is 29.3. The highest BCUT2D eigenvalue weighted by molar-refractivity contribution is 5.94. The second-order valence-electron chi connectivity index (χ2n) is 10.7. The zero-order chi connectivity index (χ0) is 30.5. The molecule has 9 heteroatoms. The van der Waals surface area contributed by atoms with Crippen LogP contribution in [0.15, 0.2) is 95.5 Å². The van der Waals surface area contributed by atoms with Crippen molar-refractivity contribution in [3.8, 4) is 28.5 Å². The number of carbonyl (C=O) groups is 1. The number of nitrogens with zero attached hydrogens (tertiary/aromatic N) is 2. The van der Waals surface area contributed by atoms with E-state index in [4.69, 9.17) is 23.5 Å². The standard InChI is InChI=1S/C35H34N2O7/c1-40-32-18-25(34(41-2)30-11-7-6-10-29(30)32)21-43-33-20-37(35(38)39)17-16-28(33)23-12-14-26(15-13-23)42-22-27-19-31(36-44-27)24-8-4-3-5-9-24/h3-15,18-19,28,33H,16-17,20-22H2,1-2H3,(H,38,39)/p-1. The van der Waals surface area contributed by atoms with Gasteiger partial charge in [0.05, 0.1) is 26.9 Å². The van der Waals surface area contributed by atoms with Crippen LogP contribution in [0.1, 0.15) is 29.2 Å². The number of methoxy groups -OCH3 is 2. The first-order valence-corrected chi connectivity index (χ1v) is 14.5. The molecule has 1 fully saturated rings. The van der Waals surface area contributed by atoms with Crippen molar-refractivity contribution in [2.75, 3.05) is 27.3 Å². The van der Waals surface area contributed by atoms with Gasteiger partial charge < -0.3 is 38.3 Å². The van der Waals surface area contributed by atoms with Crippen molar-refractivity contribution < 1.29 is 33.4 Å². The van der Waals surface area contributed by atoms with E-state index in [2.05, 4.69) is 5.16 Å². The van der Waals surface area contributed by atoms with Crippen LogP contribution in [0.25, 0.3) is 22.0 Å². The fourth-order valence-electron chi connectivity index (χ4n) is 5.81. The number of likely N-dealkylation sites (tertiary alicyclic amines) is 1. The third-order valence-electron chi connectivity index (χ3n) is 8.05. The lowest BCUT2D eigenvalue weighted by Crippen LogP contribution is -2.51. The minimum atomic E-state index is -1.20. The first-order valence-electron chi connectivity index (χ1n) is 14.5. The zero-order valence-electron chi connectivity index (χ0n) is 24.6. The molecule has 1 aliphatic heterocycles. The summed E-state index contributed by atoms with van der Waals surface area (Å²) in [4.78, 5) is 13.1. The van der Waals surface area contributed by atoms with E-state index in [9.17, 15) is 9.90 Å². The van der Waals surface area contributed by atoms with Crippen LogP contribution >= 0.6 is 0 Å². The van der Waals surface area contributed by atoms with Gasteiger partial charge in [-0.3, -0.25) is 0 Å². The van der Waals surface area contributed by atoms with E-state index in [0.717, 1.165) is 33.2 Å². The lowest BCUT2D eigenvalue weighted by Gasteiger charge is -2.40. The SMILES string of the molecule is COc1cc(COC2CN(C(=O)[O-])CCC2c2ccc(OCc3cc(-c4ccccc4)no3)cc2)c(OC)c2ccccc12. The van der Waals surface area contributed by atoms with Crippen molar-refractivity contribution in [3.63, 3.8) is 0 Å². The molecule has 2 atom stereocenters. The van der Waals surface area contributed by atoms with Crippen LogP contribution in [0.5, 0.6) is 17.2 Å². The van der Waals surface area contributed by atoms with Gasteiger partial charge >= 0.3 is 0 Å². The van der Waals surface area contributed by atoms with Crippen molar-refractivity contribution in [2.45, 2.75) is 31.7 Å². The van der Waals surface area contributed by atoms with Gasteiger partial charge in [-0.25, -0.2) is 0 Å². The van der Waals surface area contributed by atoms with Crippen LogP contribution in [0.4, 0.5) is 4.79 Å². The summed E-state index contributed by atoms with van der Waals surface area (Å²) in [7, 11) is 3.27. The highest BCUT2D eigenvalue weighted by Gasteiger charge is 2.32. The first-order chi connectivity index (χ1) is 21.5. The van der Waals surface area contributed by atoms with Crippen LogP contribution in [-0.4, -0.2) is 49.6 Å². The molecule has 5 aromatic rings. The van der Waals surface area contributed by atoms with Gasteiger partial charge in [-0.05, 0) is 30.2 Å². The highest BCUT2D eigenvalue weighted by Crippen LogP contribution is 2.38. The number of fused-ring (bicyclic) bond motifs is 1. The predicted octanol–water partition coefficient (Wildman–Crippen LogP) is 5.81. The number of carbonyl (C=O) groups excluding carboxylic acids is 1. The number of benzene rings is 4. The van der Waals surface area contributed by atoms with Gasteiger partial charge in [0, 0.05) is 47.0 Å². The number of hydrogen-bond donors (Lipinski definition) is 0. The molecule has 0 saturated carbocycles. The normalized spacial score (nSPS) is 16.5. The van der Waals surface area contributed by atoms with Gasteiger partial charge in [-0.15, -0.1) is 0 Å². The molecule has 1 aliphatic rings. The Morgan fingerprint density at radius 2 is 1.68 bits per heavy atom. The van der Waals surface area contributed by atoms with Gasteiger partial charge in [-0.1, -0.05) is 71.9 Å². The Hall–Kier alpha value is -5.02. The Kier molecular flexibility index (Phi) is 8.65. The first kappa shape index (κ1) is 29.1. The molecule has 44 heavy (non-hydrogen) atoms. The molecule has 226 valence electrons. The maximum absolute atomic E-state index is 11.8. The second-order valence-corrected chi connectivity index (χ2v) is 10.7. The number of ether oxygens (including phenoxy) is 4. The summed E-state index contributed by atoms with van der Waals surface area (Å²) in [5.74, 6) is 2.69. The number of rotatable bonds is 10. The smallest absolute Gasteiger partial charge is 0.174 e. The van der Waals surface area contributed by atoms with E-state index in [0.29, 0.717) is 36.0 Å². The minimum Gasteiger partial charge on any atom is -0.530 e. The minimum absolute atomic E-state index is 0.0318. The number of hydrogen-bond acceptors (Lipinski definition) is 8. The van der Waals surface area contributed by atoms with Crippen LogP contribution in [0.3, 0.4) is 0 Å². The number of aromatic nitrogens is 1. The Bertz CT molecular complexity index is 1720. The largest absolute Gasteiger partial charge is 0.530 e. The molecule has 0 radical (unpaired) electrons. The van der Waals surface area contributed by atoms with Crippen LogP contribution in [-0.2, 0) is 18.0 Å². The summed E-state index contributed by atoms with van der Waals surface area (Å²) >= 11 is 0. The maximum Gasteiger partial charge on any atom is 0.174 e. The van der Waals surface area contributed by atoms with E-state index in [1.807, 2.05) is 91.0 Å². The van der Waals surface area contributed by atoms with Gasteiger partial charge in [0.15, 0.2) is 5.76 Å². The molecule has 1 saturated heterocycles. The van der Waals surface area contributed by atoms with Crippen molar-refractivity contribution in [1.82, 2.24) is 10.1 Å². The van der Waals surface area contributed by atoms with E-state index < -0.39 is 12.2 Å². The van der Waals surface area contributed by atoms with Crippen LogP contribution in [0, 0.1) is 0 Å². The molecule has 0 bridgehead atoms. The highest BCUT2D eigenvalue weighted by atomic mass is 16.5. The van der Waals surface area contributed by atoms with E-state index in [1.165, 1.54) is 4.90 Å². The average molecular weight is 594 g/mol. The molecule has 4 aromatic carbocycles. The molecular formula is C35H33N2O7-. The maximum atomic E-state index is 11.8. The fraction of sp³-hybridized carbons (Fsp3) is 0.257. The molecule has 0 spiro atoms. The zero-order valence-corrected chi connectivity index (χ0v) is 24.6. The predicted molar refractivity (Wildman–Crippen MR) is 163 cm³/mol. The number of amides is 1. The average Bonchev–Trinajstić information content (AvgIpc) is 3.55.